The van der Waals surface area contributed by atoms with Crippen LogP contribution in [0.15, 0.2) is 65.0 Å². The summed E-state index contributed by atoms with van der Waals surface area (Å²) in [5, 5.41) is 8.03. The third-order valence-corrected chi connectivity index (χ3v) is 1.67. The second-order valence-electron chi connectivity index (χ2n) is 2.72. The van der Waals surface area contributed by atoms with Crippen LogP contribution in [0.25, 0.3) is 0 Å². The summed E-state index contributed by atoms with van der Waals surface area (Å²) < 4.78 is 0. The first kappa shape index (κ1) is 11.3. The Bertz CT molecular complexity index is 373. The Hall–Kier alpha value is -1.74. The van der Waals surface area contributed by atoms with Gasteiger partial charge in [0.15, 0.2) is 5.82 Å². The zero-order valence-corrected chi connectivity index (χ0v) is 8.76. The molecule has 1 heterocycles. The van der Waals surface area contributed by atoms with Gasteiger partial charge in [0.25, 0.3) is 0 Å². The Morgan fingerprint density at radius 3 is 2.20 bits per heavy atom. The standard InChI is InChI=1S/C11H9N3.ClH/c1-2-6-10(7-3-1)13-14-11-8-4-5-9-12-11;/h1-9H;1H. The molecular weight excluding hydrogens is 210 g/mol. The number of pyridine rings is 1. The van der Waals surface area contributed by atoms with Crippen molar-refractivity contribution in [2.45, 2.75) is 0 Å². The van der Waals surface area contributed by atoms with Gasteiger partial charge in [-0.2, -0.15) is 0 Å². The van der Waals surface area contributed by atoms with E-state index in [-0.39, 0.29) is 12.4 Å². The van der Waals surface area contributed by atoms with Crippen molar-refractivity contribution in [3.63, 3.8) is 0 Å². The minimum absolute atomic E-state index is 0. The highest BCUT2D eigenvalue weighted by molar-refractivity contribution is 5.85. The SMILES string of the molecule is Cl.c1ccc(N=Nc2ccccn2)cc1. The molecule has 0 atom stereocenters. The fraction of sp³-hybridized carbons (Fsp3) is 0. The summed E-state index contributed by atoms with van der Waals surface area (Å²) in [4.78, 5) is 4.03. The van der Waals surface area contributed by atoms with E-state index in [1.807, 2.05) is 48.5 Å². The second-order valence-corrected chi connectivity index (χ2v) is 2.72. The highest BCUT2D eigenvalue weighted by atomic mass is 35.5. The highest BCUT2D eigenvalue weighted by Crippen LogP contribution is 2.14. The van der Waals surface area contributed by atoms with Crippen molar-refractivity contribution in [3.8, 4) is 0 Å². The van der Waals surface area contributed by atoms with Gasteiger partial charge in [-0.1, -0.05) is 24.3 Å². The fourth-order valence-electron chi connectivity index (χ4n) is 1.02. The van der Waals surface area contributed by atoms with Gasteiger partial charge in [0.05, 0.1) is 5.69 Å². The number of rotatable bonds is 2. The van der Waals surface area contributed by atoms with Crippen molar-refractivity contribution >= 4 is 23.9 Å². The Labute approximate surface area is 94.3 Å². The smallest absolute Gasteiger partial charge is 0.174 e. The first-order chi connectivity index (χ1) is 6.95. The maximum Gasteiger partial charge on any atom is 0.174 e. The molecule has 0 aliphatic carbocycles. The summed E-state index contributed by atoms with van der Waals surface area (Å²) in [6.45, 7) is 0. The summed E-state index contributed by atoms with van der Waals surface area (Å²) >= 11 is 0. The molecule has 0 bridgehead atoms. The molecule has 15 heavy (non-hydrogen) atoms. The van der Waals surface area contributed by atoms with Crippen LogP contribution in [-0.4, -0.2) is 4.98 Å². The van der Waals surface area contributed by atoms with Crippen molar-refractivity contribution in [1.29, 1.82) is 0 Å². The predicted molar refractivity (Wildman–Crippen MR) is 62.1 cm³/mol. The van der Waals surface area contributed by atoms with Gasteiger partial charge in [0.2, 0.25) is 0 Å². The quantitative estimate of drug-likeness (QED) is 0.706. The van der Waals surface area contributed by atoms with Crippen molar-refractivity contribution in [2.75, 3.05) is 0 Å². The third-order valence-electron chi connectivity index (χ3n) is 1.67. The van der Waals surface area contributed by atoms with Crippen LogP contribution in [-0.2, 0) is 0 Å². The molecule has 0 N–H and O–H groups in total. The average molecular weight is 220 g/mol. The molecule has 76 valence electrons. The second kappa shape index (κ2) is 5.88. The van der Waals surface area contributed by atoms with Gasteiger partial charge in [0.1, 0.15) is 0 Å². The highest BCUT2D eigenvalue weighted by Gasteiger charge is 1.87. The molecular formula is C11H10ClN3. The maximum atomic E-state index is 4.04. The summed E-state index contributed by atoms with van der Waals surface area (Å²) in [5.74, 6) is 0.622. The predicted octanol–water partition coefficient (Wildman–Crippen LogP) is 3.92. The van der Waals surface area contributed by atoms with Crippen molar-refractivity contribution in [3.05, 3.63) is 54.7 Å². The van der Waals surface area contributed by atoms with E-state index in [9.17, 15) is 0 Å². The van der Waals surface area contributed by atoms with Crippen molar-refractivity contribution in [1.82, 2.24) is 4.98 Å². The maximum absolute atomic E-state index is 4.04. The monoisotopic (exact) mass is 219 g/mol. The molecule has 0 saturated carbocycles. The lowest BCUT2D eigenvalue weighted by Gasteiger charge is -1.90. The van der Waals surface area contributed by atoms with E-state index in [4.69, 9.17) is 0 Å². The van der Waals surface area contributed by atoms with Crippen LogP contribution in [0, 0.1) is 0 Å². The molecule has 0 aliphatic rings. The van der Waals surface area contributed by atoms with Crippen LogP contribution < -0.4 is 0 Å². The lowest BCUT2D eigenvalue weighted by Crippen LogP contribution is -1.68. The third kappa shape index (κ3) is 3.48. The van der Waals surface area contributed by atoms with Crippen LogP contribution in [0.1, 0.15) is 0 Å². The summed E-state index contributed by atoms with van der Waals surface area (Å²) in [6.07, 6.45) is 1.69. The Morgan fingerprint density at radius 1 is 0.800 bits per heavy atom. The lowest BCUT2D eigenvalue weighted by molar-refractivity contribution is 1.15. The number of hydrogen-bond donors (Lipinski definition) is 0. The number of azo groups is 1. The number of halogens is 1. The van der Waals surface area contributed by atoms with Crippen molar-refractivity contribution < 1.29 is 0 Å². The molecule has 1 aromatic carbocycles. The van der Waals surface area contributed by atoms with Gasteiger partial charge in [-0.05, 0) is 24.3 Å². The van der Waals surface area contributed by atoms with Crippen LogP contribution >= 0.6 is 12.4 Å². The zero-order valence-electron chi connectivity index (χ0n) is 7.95. The lowest BCUT2D eigenvalue weighted by atomic mass is 10.3. The van der Waals surface area contributed by atoms with E-state index >= 15 is 0 Å². The van der Waals surface area contributed by atoms with Gasteiger partial charge in [-0.15, -0.1) is 22.6 Å². The molecule has 0 saturated heterocycles. The molecule has 0 spiro atoms. The van der Waals surface area contributed by atoms with Gasteiger partial charge in [0, 0.05) is 6.20 Å². The molecule has 0 unspecified atom stereocenters. The number of benzene rings is 1. The Balaban J connectivity index is 0.00000112. The molecule has 0 aliphatic heterocycles. The Kier molecular flexibility index (Phi) is 4.44. The molecule has 2 aromatic rings. The van der Waals surface area contributed by atoms with Gasteiger partial charge < -0.3 is 0 Å². The van der Waals surface area contributed by atoms with Gasteiger partial charge >= 0.3 is 0 Å². The van der Waals surface area contributed by atoms with Crippen molar-refractivity contribution in [2.24, 2.45) is 10.2 Å². The topological polar surface area (TPSA) is 37.6 Å². The summed E-state index contributed by atoms with van der Waals surface area (Å²) in [6, 6.07) is 15.1. The number of hydrogen-bond acceptors (Lipinski definition) is 3. The molecule has 0 fully saturated rings. The molecule has 0 radical (unpaired) electrons. The van der Waals surface area contributed by atoms with Gasteiger partial charge in [-0.3, -0.25) is 0 Å². The van der Waals surface area contributed by atoms with Crippen LogP contribution in [0.2, 0.25) is 0 Å². The zero-order chi connectivity index (χ0) is 9.64. The first-order valence-corrected chi connectivity index (χ1v) is 4.33. The van der Waals surface area contributed by atoms with E-state index < -0.39 is 0 Å². The van der Waals surface area contributed by atoms with Gasteiger partial charge in [-0.25, -0.2) is 4.98 Å². The van der Waals surface area contributed by atoms with E-state index in [0.717, 1.165) is 5.69 Å². The first-order valence-electron chi connectivity index (χ1n) is 4.33. The molecule has 4 heteroatoms. The Morgan fingerprint density at radius 2 is 1.53 bits per heavy atom. The van der Waals surface area contributed by atoms with Crippen LogP contribution in [0.5, 0.6) is 0 Å². The normalized spacial score (nSPS) is 9.87. The summed E-state index contributed by atoms with van der Waals surface area (Å²) in [7, 11) is 0. The molecule has 0 amide bonds. The molecule has 2 rings (SSSR count). The van der Waals surface area contributed by atoms with Crippen LogP contribution in [0.4, 0.5) is 11.5 Å². The largest absolute Gasteiger partial charge is 0.236 e. The molecule has 3 nitrogen and oxygen atoms in total. The van der Waals surface area contributed by atoms with E-state index in [1.165, 1.54) is 0 Å². The minimum Gasteiger partial charge on any atom is -0.236 e. The fourth-order valence-corrected chi connectivity index (χ4v) is 1.02. The van der Waals surface area contributed by atoms with Crippen LogP contribution in [0.3, 0.4) is 0 Å². The number of aromatic nitrogens is 1. The molecule has 1 aromatic heterocycles. The summed E-state index contributed by atoms with van der Waals surface area (Å²) in [5.41, 5.74) is 0.832. The van der Waals surface area contributed by atoms with E-state index in [0.29, 0.717) is 5.82 Å². The average Bonchev–Trinajstić information content (AvgIpc) is 2.29. The minimum atomic E-state index is 0. The van der Waals surface area contributed by atoms with E-state index in [1.54, 1.807) is 6.20 Å². The van der Waals surface area contributed by atoms with E-state index in [2.05, 4.69) is 15.2 Å². The number of nitrogens with zero attached hydrogens (tertiary/aromatic N) is 3.